The first-order valence-electron chi connectivity index (χ1n) is 11.2. The summed E-state index contributed by atoms with van der Waals surface area (Å²) >= 11 is 0. The van der Waals surface area contributed by atoms with Crippen LogP contribution in [0.25, 0.3) is 21.9 Å². The molecule has 0 radical (unpaired) electrons. The van der Waals surface area contributed by atoms with Gasteiger partial charge in [-0.05, 0) is 75.8 Å². The Morgan fingerprint density at radius 2 is 1.64 bits per heavy atom. The van der Waals surface area contributed by atoms with E-state index in [2.05, 4.69) is 16.3 Å². The predicted molar refractivity (Wildman–Crippen MR) is 130 cm³/mol. The van der Waals surface area contributed by atoms with Gasteiger partial charge in [-0.2, -0.15) is 5.10 Å². The molecule has 8 heteroatoms. The number of nitrogen functional groups attached to an aromatic ring is 1. The number of benzene rings is 2. The van der Waals surface area contributed by atoms with Crippen LogP contribution in [0.4, 0.5) is 5.82 Å². The zero-order valence-electron chi connectivity index (χ0n) is 20.1. The van der Waals surface area contributed by atoms with Gasteiger partial charge in [-0.1, -0.05) is 24.3 Å². The van der Waals surface area contributed by atoms with E-state index in [9.17, 15) is 4.79 Å². The van der Waals surface area contributed by atoms with E-state index in [4.69, 9.17) is 19.8 Å². The van der Waals surface area contributed by atoms with Gasteiger partial charge in [-0.3, -0.25) is 4.79 Å². The van der Waals surface area contributed by atoms with E-state index in [0.717, 1.165) is 38.6 Å². The molecule has 1 aromatic heterocycles. The topological polar surface area (TPSA) is 96.6 Å². The molecule has 1 saturated heterocycles. The summed E-state index contributed by atoms with van der Waals surface area (Å²) in [4.78, 5) is 12.3. The van der Waals surface area contributed by atoms with E-state index in [1.807, 2.05) is 65.0 Å². The molecule has 172 valence electrons. The van der Waals surface area contributed by atoms with Crippen molar-refractivity contribution in [3.8, 4) is 11.1 Å². The van der Waals surface area contributed by atoms with E-state index in [1.54, 1.807) is 6.92 Å². The average Bonchev–Trinajstić information content (AvgIpc) is 2.98. The van der Waals surface area contributed by atoms with Crippen molar-refractivity contribution < 1.29 is 18.8 Å². The summed E-state index contributed by atoms with van der Waals surface area (Å²) in [5.74, 6) is 0.128. The molecule has 7 nitrogen and oxygen atoms in total. The summed E-state index contributed by atoms with van der Waals surface area (Å²) in [6, 6.07) is 12.0. The largest absolute Gasteiger partial charge is 0.495 e. The number of rotatable bonds is 5. The molecule has 0 saturated carbocycles. The van der Waals surface area contributed by atoms with Crippen molar-refractivity contribution in [2.45, 2.75) is 59.2 Å². The van der Waals surface area contributed by atoms with Gasteiger partial charge in [0.1, 0.15) is 0 Å². The van der Waals surface area contributed by atoms with Crippen molar-refractivity contribution in [3.63, 3.8) is 0 Å². The van der Waals surface area contributed by atoms with Gasteiger partial charge in [0.05, 0.1) is 29.9 Å². The number of hydrogen-bond acceptors (Lipinski definition) is 7. The van der Waals surface area contributed by atoms with Crippen molar-refractivity contribution in [3.05, 3.63) is 47.7 Å². The Labute approximate surface area is 194 Å². The quantitative estimate of drug-likeness (QED) is 0.472. The van der Waals surface area contributed by atoms with Gasteiger partial charge in [0.2, 0.25) is 0 Å². The number of aryl methyl sites for hydroxylation is 1. The van der Waals surface area contributed by atoms with Crippen molar-refractivity contribution >= 4 is 35.1 Å². The average molecular weight is 447 g/mol. The highest BCUT2D eigenvalue weighted by Gasteiger charge is 2.52. The highest BCUT2D eigenvalue weighted by molar-refractivity contribution is 6.62. The van der Waals surface area contributed by atoms with E-state index < -0.39 is 18.3 Å². The lowest BCUT2D eigenvalue weighted by molar-refractivity contribution is -0.142. The molecule has 0 atom stereocenters. The molecule has 0 bridgehead atoms. The number of ether oxygens (including phenoxy) is 1. The fraction of sp³-hybridized carbons (Fsp3) is 0.400. The Morgan fingerprint density at radius 3 is 2.30 bits per heavy atom. The summed E-state index contributed by atoms with van der Waals surface area (Å²) in [6.45, 7) is 12.1. The van der Waals surface area contributed by atoms with Crippen molar-refractivity contribution in [2.24, 2.45) is 0 Å². The third kappa shape index (κ3) is 4.33. The maximum Gasteiger partial charge on any atom is 0.495 e. The Kier molecular flexibility index (Phi) is 5.93. The van der Waals surface area contributed by atoms with Crippen LogP contribution in [0.3, 0.4) is 0 Å². The number of fused-ring (bicyclic) bond motifs is 1. The van der Waals surface area contributed by atoms with Gasteiger partial charge in [0.15, 0.2) is 5.82 Å². The molecule has 4 rings (SSSR count). The van der Waals surface area contributed by atoms with E-state index in [1.165, 1.54) is 0 Å². The molecule has 0 aliphatic carbocycles. The van der Waals surface area contributed by atoms with E-state index >= 15 is 0 Å². The zero-order chi connectivity index (χ0) is 24.0. The second kappa shape index (κ2) is 8.43. The monoisotopic (exact) mass is 447 g/mol. The third-order valence-corrected chi connectivity index (χ3v) is 6.62. The van der Waals surface area contributed by atoms with Crippen molar-refractivity contribution in [2.75, 3.05) is 12.3 Å². The number of aromatic nitrogens is 2. The molecular weight excluding hydrogens is 417 g/mol. The normalized spacial score (nSPS) is 16.8. The number of hydrogen-bond donors (Lipinski definition) is 1. The molecule has 2 N–H and O–H groups in total. The lowest BCUT2D eigenvalue weighted by atomic mass is 9.74. The van der Waals surface area contributed by atoms with Crippen LogP contribution in [-0.4, -0.2) is 41.1 Å². The van der Waals surface area contributed by atoms with Crippen LogP contribution in [0.15, 0.2) is 36.4 Å². The Morgan fingerprint density at radius 1 is 1.00 bits per heavy atom. The maximum absolute atomic E-state index is 12.3. The number of nitrogens with zero attached hydrogens (tertiary/aromatic N) is 2. The smallest absolute Gasteiger partial charge is 0.466 e. The van der Waals surface area contributed by atoms with Crippen LogP contribution in [0.2, 0.25) is 0 Å². The second-order valence-corrected chi connectivity index (χ2v) is 9.41. The molecule has 0 amide bonds. The summed E-state index contributed by atoms with van der Waals surface area (Å²) in [5, 5.41) is 9.98. The minimum absolute atomic E-state index is 0.149. The fourth-order valence-electron chi connectivity index (χ4n) is 3.98. The predicted octanol–water partition coefficient (Wildman–Crippen LogP) is 3.59. The first-order chi connectivity index (χ1) is 15.5. The first-order valence-corrected chi connectivity index (χ1v) is 11.2. The minimum atomic E-state index is -0.594. The summed E-state index contributed by atoms with van der Waals surface area (Å²) < 4.78 is 17.8. The van der Waals surface area contributed by atoms with Crippen LogP contribution < -0.4 is 11.2 Å². The molecule has 3 aromatic rings. The Bertz CT molecular complexity index is 1210. The van der Waals surface area contributed by atoms with Crippen molar-refractivity contribution in [1.29, 1.82) is 0 Å². The van der Waals surface area contributed by atoms with Gasteiger partial charge >= 0.3 is 13.1 Å². The number of carbonyl (C=O) groups is 1. The Balaban J connectivity index is 1.80. The molecule has 33 heavy (non-hydrogen) atoms. The summed E-state index contributed by atoms with van der Waals surface area (Å²) in [6.07, 6.45) is 0.149. The van der Waals surface area contributed by atoms with Gasteiger partial charge in [0.25, 0.3) is 0 Å². The third-order valence-electron chi connectivity index (χ3n) is 6.62. The fourth-order valence-corrected chi connectivity index (χ4v) is 3.98. The van der Waals surface area contributed by atoms with Gasteiger partial charge < -0.3 is 19.8 Å². The summed E-state index contributed by atoms with van der Waals surface area (Å²) in [7, 11) is -0.594. The van der Waals surface area contributed by atoms with Crippen LogP contribution >= 0.6 is 0 Å². The van der Waals surface area contributed by atoms with Crippen LogP contribution in [0.1, 0.15) is 45.9 Å². The molecule has 2 aromatic carbocycles. The number of esters is 1. The minimum Gasteiger partial charge on any atom is -0.466 e. The lowest BCUT2D eigenvalue weighted by Gasteiger charge is -2.32. The summed E-state index contributed by atoms with van der Waals surface area (Å²) in [5.41, 5.74) is 9.45. The number of nitrogens with two attached hydrogens (primary N) is 1. The van der Waals surface area contributed by atoms with Crippen LogP contribution in [-0.2, 0) is 25.3 Å². The highest BCUT2D eigenvalue weighted by atomic mass is 16.7. The molecule has 1 fully saturated rings. The standard InChI is InChI=1S/C25H30BN3O4/c1-7-31-22(30)14-18-9-8-17(13-21(18)26-32-24(3,4)25(5,6)33-26)16-10-11-19-20(12-16)15(2)28-29-23(19)27/h8-13H,7,14H2,1-6H3,(H2,27,29). The molecule has 0 spiro atoms. The SMILES string of the molecule is CCOC(=O)Cc1ccc(-c2ccc3c(N)nnc(C)c3c2)cc1B1OC(C)(C)C(C)(C)O1. The molecule has 2 heterocycles. The number of anilines is 1. The molecule has 1 aliphatic rings. The zero-order valence-corrected chi connectivity index (χ0v) is 20.1. The number of carbonyl (C=O) groups excluding carboxylic acids is 1. The van der Waals surface area contributed by atoms with Crippen LogP contribution in [0, 0.1) is 6.92 Å². The highest BCUT2D eigenvalue weighted by Crippen LogP contribution is 2.37. The first kappa shape index (κ1) is 23.2. The van der Waals surface area contributed by atoms with Crippen LogP contribution in [0.5, 0.6) is 0 Å². The Hall–Kier alpha value is -2.97. The molecule has 1 aliphatic heterocycles. The molecular formula is C25H30BN3O4. The van der Waals surface area contributed by atoms with Crippen molar-refractivity contribution in [1.82, 2.24) is 10.2 Å². The molecule has 0 unspecified atom stereocenters. The maximum atomic E-state index is 12.3. The van der Waals surface area contributed by atoms with Gasteiger partial charge in [-0.15, -0.1) is 5.10 Å². The van der Waals surface area contributed by atoms with Gasteiger partial charge in [-0.25, -0.2) is 0 Å². The van der Waals surface area contributed by atoms with E-state index in [0.29, 0.717) is 12.4 Å². The second-order valence-electron chi connectivity index (χ2n) is 9.41. The van der Waals surface area contributed by atoms with Gasteiger partial charge in [0, 0.05) is 10.8 Å². The lowest BCUT2D eigenvalue weighted by Crippen LogP contribution is -2.41. The van der Waals surface area contributed by atoms with E-state index in [-0.39, 0.29) is 12.4 Å².